The van der Waals surface area contributed by atoms with E-state index in [4.69, 9.17) is 5.11 Å². The minimum Gasteiger partial charge on any atom is -0.481 e. The Hall–Kier alpha value is -1.88. The smallest absolute Gasteiger partial charge is 0.307 e. The van der Waals surface area contributed by atoms with Crippen LogP contribution in [-0.4, -0.2) is 30.1 Å². The number of hydrogen-bond donors (Lipinski definition) is 3. The maximum absolute atomic E-state index is 12.0. The third-order valence-electron chi connectivity index (χ3n) is 3.24. The van der Waals surface area contributed by atoms with E-state index in [1.54, 1.807) is 24.3 Å². The van der Waals surface area contributed by atoms with Crippen molar-refractivity contribution < 1.29 is 14.7 Å². The highest BCUT2D eigenvalue weighted by molar-refractivity contribution is 5.92. The molecule has 0 bridgehead atoms. The molecule has 1 heterocycles. The van der Waals surface area contributed by atoms with Crippen LogP contribution in [-0.2, 0) is 16.0 Å². The van der Waals surface area contributed by atoms with Crippen molar-refractivity contribution in [2.45, 2.75) is 19.3 Å². The van der Waals surface area contributed by atoms with Crippen molar-refractivity contribution >= 4 is 17.6 Å². The Morgan fingerprint density at radius 3 is 2.63 bits per heavy atom. The standard InChI is InChI=1S/C14H18N2O3/c17-13(18)8-10-3-5-12(6-4-10)16-14(19)11-2-1-7-15-9-11/h3-6,11,15H,1-2,7-9H2,(H,16,19)(H,17,18)/t11-/m1/s1. The molecule has 1 aromatic rings. The lowest BCUT2D eigenvalue weighted by Crippen LogP contribution is -2.37. The molecule has 1 fully saturated rings. The monoisotopic (exact) mass is 262 g/mol. The largest absolute Gasteiger partial charge is 0.481 e. The molecule has 0 aliphatic carbocycles. The second-order valence-electron chi connectivity index (χ2n) is 4.80. The third kappa shape index (κ3) is 4.06. The lowest BCUT2D eigenvalue weighted by Gasteiger charge is -2.21. The molecule has 1 aromatic carbocycles. The van der Waals surface area contributed by atoms with E-state index in [9.17, 15) is 9.59 Å². The van der Waals surface area contributed by atoms with Gasteiger partial charge in [-0.15, -0.1) is 0 Å². The van der Waals surface area contributed by atoms with Crippen LogP contribution in [0.1, 0.15) is 18.4 Å². The van der Waals surface area contributed by atoms with E-state index in [0.717, 1.165) is 31.5 Å². The highest BCUT2D eigenvalue weighted by Gasteiger charge is 2.20. The molecule has 1 saturated heterocycles. The second-order valence-corrected chi connectivity index (χ2v) is 4.80. The molecular weight excluding hydrogens is 244 g/mol. The maximum atomic E-state index is 12.0. The van der Waals surface area contributed by atoms with Crippen LogP contribution in [0.5, 0.6) is 0 Å². The van der Waals surface area contributed by atoms with Gasteiger partial charge in [-0.3, -0.25) is 9.59 Å². The van der Waals surface area contributed by atoms with Gasteiger partial charge in [-0.25, -0.2) is 0 Å². The highest BCUT2D eigenvalue weighted by Crippen LogP contribution is 2.15. The van der Waals surface area contributed by atoms with Crippen LogP contribution in [0.15, 0.2) is 24.3 Å². The van der Waals surface area contributed by atoms with Gasteiger partial charge in [0.25, 0.3) is 0 Å². The molecule has 5 heteroatoms. The third-order valence-corrected chi connectivity index (χ3v) is 3.24. The van der Waals surface area contributed by atoms with Crippen LogP contribution in [0.2, 0.25) is 0 Å². The van der Waals surface area contributed by atoms with Gasteiger partial charge in [-0.1, -0.05) is 12.1 Å². The molecule has 0 unspecified atom stereocenters. The molecule has 0 aromatic heterocycles. The van der Waals surface area contributed by atoms with E-state index in [0.29, 0.717) is 5.69 Å². The van der Waals surface area contributed by atoms with E-state index in [-0.39, 0.29) is 18.2 Å². The van der Waals surface area contributed by atoms with Crippen LogP contribution >= 0.6 is 0 Å². The number of benzene rings is 1. The predicted molar refractivity (Wildman–Crippen MR) is 72.0 cm³/mol. The van der Waals surface area contributed by atoms with Gasteiger partial charge >= 0.3 is 5.97 Å². The minimum absolute atomic E-state index is 0.000765. The Balaban J connectivity index is 1.91. The molecule has 0 saturated carbocycles. The summed E-state index contributed by atoms with van der Waals surface area (Å²) in [5, 5.41) is 14.7. The van der Waals surface area contributed by atoms with Gasteiger partial charge in [0.05, 0.1) is 12.3 Å². The Labute approximate surface area is 112 Å². The summed E-state index contributed by atoms with van der Waals surface area (Å²) < 4.78 is 0. The number of carbonyl (C=O) groups is 2. The lowest BCUT2D eigenvalue weighted by atomic mass is 9.99. The van der Waals surface area contributed by atoms with Crippen molar-refractivity contribution in [3.63, 3.8) is 0 Å². The van der Waals surface area contributed by atoms with Crippen molar-refractivity contribution in [1.29, 1.82) is 0 Å². The van der Waals surface area contributed by atoms with Gasteiger partial charge in [0.15, 0.2) is 0 Å². The zero-order valence-electron chi connectivity index (χ0n) is 10.7. The van der Waals surface area contributed by atoms with Crippen molar-refractivity contribution in [1.82, 2.24) is 5.32 Å². The normalized spacial score (nSPS) is 18.8. The summed E-state index contributed by atoms with van der Waals surface area (Å²) in [4.78, 5) is 22.5. The summed E-state index contributed by atoms with van der Waals surface area (Å²) in [6.45, 7) is 1.70. The SMILES string of the molecule is O=C(O)Cc1ccc(NC(=O)[C@@H]2CCCNC2)cc1. The summed E-state index contributed by atoms with van der Waals surface area (Å²) in [6.07, 6.45) is 1.94. The number of rotatable bonds is 4. The summed E-state index contributed by atoms with van der Waals surface area (Å²) >= 11 is 0. The maximum Gasteiger partial charge on any atom is 0.307 e. The van der Waals surface area contributed by atoms with Gasteiger partial charge in [0.1, 0.15) is 0 Å². The molecule has 102 valence electrons. The van der Waals surface area contributed by atoms with Crippen LogP contribution < -0.4 is 10.6 Å². The van der Waals surface area contributed by atoms with E-state index in [2.05, 4.69) is 10.6 Å². The van der Waals surface area contributed by atoms with Gasteiger partial charge in [-0.2, -0.15) is 0 Å². The first-order valence-electron chi connectivity index (χ1n) is 6.47. The van der Waals surface area contributed by atoms with Gasteiger partial charge < -0.3 is 15.7 Å². The van der Waals surface area contributed by atoms with Crippen LogP contribution in [0, 0.1) is 5.92 Å². The van der Waals surface area contributed by atoms with Crippen LogP contribution in [0.4, 0.5) is 5.69 Å². The van der Waals surface area contributed by atoms with E-state index in [1.807, 2.05) is 0 Å². The van der Waals surface area contributed by atoms with Gasteiger partial charge in [-0.05, 0) is 37.1 Å². The fraction of sp³-hybridized carbons (Fsp3) is 0.429. The molecule has 0 radical (unpaired) electrons. The number of carboxylic acids is 1. The zero-order valence-corrected chi connectivity index (χ0v) is 10.7. The Morgan fingerprint density at radius 2 is 2.05 bits per heavy atom. The molecule has 1 aliphatic heterocycles. The number of carbonyl (C=O) groups excluding carboxylic acids is 1. The summed E-state index contributed by atoms with van der Waals surface area (Å²) in [6, 6.07) is 6.94. The van der Waals surface area contributed by atoms with Crippen molar-refractivity contribution in [2.24, 2.45) is 5.92 Å². The number of nitrogens with one attached hydrogen (secondary N) is 2. The summed E-state index contributed by atoms with van der Waals surface area (Å²) in [5.41, 5.74) is 1.44. The molecule has 3 N–H and O–H groups in total. The number of aliphatic carboxylic acids is 1. The summed E-state index contributed by atoms with van der Waals surface area (Å²) in [5.74, 6) is -0.810. The fourth-order valence-corrected chi connectivity index (χ4v) is 2.20. The lowest BCUT2D eigenvalue weighted by molar-refractivity contribution is -0.136. The first-order valence-corrected chi connectivity index (χ1v) is 6.47. The van der Waals surface area contributed by atoms with E-state index < -0.39 is 5.97 Å². The quantitative estimate of drug-likeness (QED) is 0.763. The predicted octanol–water partition coefficient (Wildman–Crippen LogP) is 1.25. The number of hydrogen-bond acceptors (Lipinski definition) is 3. The number of carboxylic acid groups (broad SMARTS) is 1. The van der Waals surface area contributed by atoms with Crippen molar-refractivity contribution in [3.05, 3.63) is 29.8 Å². The molecule has 1 aliphatic rings. The minimum atomic E-state index is -0.856. The van der Waals surface area contributed by atoms with Gasteiger partial charge in [0.2, 0.25) is 5.91 Å². The molecule has 19 heavy (non-hydrogen) atoms. The molecule has 1 atom stereocenters. The number of anilines is 1. The Morgan fingerprint density at radius 1 is 1.32 bits per heavy atom. The first kappa shape index (κ1) is 13.5. The van der Waals surface area contributed by atoms with E-state index >= 15 is 0 Å². The van der Waals surface area contributed by atoms with Crippen molar-refractivity contribution in [3.8, 4) is 0 Å². The topological polar surface area (TPSA) is 78.4 Å². The molecule has 1 amide bonds. The Kier molecular flexibility index (Phi) is 4.52. The van der Waals surface area contributed by atoms with Gasteiger partial charge in [0, 0.05) is 12.2 Å². The highest BCUT2D eigenvalue weighted by atomic mass is 16.4. The van der Waals surface area contributed by atoms with Crippen LogP contribution in [0.25, 0.3) is 0 Å². The molecule has 2 rings (SSSR count). The fourth-order valence-electron chi connectivity index (χ4n) is 2.20. The second kappa shape index (κ2) is 6.33. The van der Waals surface area contributed by atoms with Crippen molar-refractivity contribution in [2.75, 3.05) is 18.4 Å². The molecular formula is C14H18N2O3. The Bertz CT molecular complexity index is 450. The average Bonchev–Trinajstić information content (AvgIpc) is 2.41. The average molecular weight is 262 g/mol. The molecule has 0 spiro atoms. The first-order chi connectivity index (χ1) is 9.15. The number of piperidine rings is 1. The summed E-state index contributed by atoms with van der Waals surface area (Å²) in [7, 11) is 0. The van der Waals surface area contributed by atoms with E-state index in [1.165, 1.54) is 0 Å². The molecule has 5 nitrogen and oxygen atoms in total. The van der Waals surface area contributed by atoms with Crippen LogP contribution in [0.3, 0.4) is 0 Å². The zero-order chi connectivity index (χ0) is 13.7. The number of amides is 1.